The first-order valence-electron chi connectivity index (χ1n) is 7.42. The van der Waals surface area contributed by atoms with Crippen LogP contribution in [0.3, 0.4) is 0 Å². The van der Waals surface area contributed by atoms with Crippen molar-refractivity contribution in [3.8, 4) is 0 Å². The molecule has 6 nitrogen and oxygen atoms in total. The lowest BCUT2D eigenvalue weighted by atomic mass is 10.1. The third-order valence-electron chi connectivity index (χ3n) is 3.59. The minimum absolute atomic E-state index is 0.0653. The summed E-state index contributed by atoms with van der Waals surface area (Å²) in [5.41, 5.74) is 0.898. The fourth-order valence-corrected chi connectivity index (χ4v) is 2.84. The van der Waals surface area contributed by atoms with Crippen LogP contribution in [0.5, 0.6) is 0 Å². The van der Waals surface area contributed by atoms with Crippen LogP contribution in [-0.2, 0) is 30.6 Å². The van der Waals surface area contributed by atoms with Crippen molar-refractivity contribution in [3.63, 3.8) is 0 Å². The number of hydrogen-bond donors (Lipinski definition) is 0. The lowest BCUT2D eigenvalue weighted by Crippen LogP contribution is -2.29. The Labute approximate surface area is 137 Å². The standard InChI is InChI=1S/C16H23NO5S/c1-4-23(20,21)14-8-5-13(6-9-14)7-10-15(18)17(2)12-11-16(19)22-3/h5-6,8-9H,4,7,10-12H2,1-3H3. The van der Waals surface area contributed by atoms with E-state index in [2.05, 4.69) is 4.74 Å². The van der Waals surface area contributed by atoms with Gasteiger partial charge in [0.1, 0.15) is 0 Å². The molecule has 0 aliphatic rings. The lowest BCUT2D eigenvalue weighted by molar-refractivity contribution is -0.141. The quantitative estimate of drug-likeness (QED) is 0.668. The third kappa shape index (κ3) is 6.02. The molecule has 0 fully saturated rings. The molecule has 0 radical (unpaired) electrons. The van der Waals surface area contributed by atoms with Gasteiger partial charge in [-0.1, -0.05) is 19.1 Å². The van der Waals surface area contributed by atoms with Crippen molar-refractivity contribution >= 4 is 21.7 Å². The second-order valence-corrected chi connectivity index (χ2v) is 7.47. The molecule has 1 amide bonds. The van der Waals surface area contributed by atoms with Crippen LogP contribution < -0.4 is 0 Å². The molecule has 128 valence electrons. The molecule has 0 unspecified atom stereocenters. The summed E-state index contributed by atoms with van der Waals surface area (Å²) >= 11 is 0. The molecule has 23 heavy (non-hydrogen) atoms. The maximum absolute atomic E-state index is 12.0. The molecule has 0 saturated carbocycles. The van der Waals surface area contributed by atoms with Gasteiger partial charge in [-0.2, -0.15) is 0 Å². The van der Waals surface area contributed by atoms with Gasteiger partial charge in [-0.25, -0.2) is 8.42 Å². The highest BCUT2D eigenvalue weighted by Crippen LogP contribution is 2.13. The average Bonchev–Trinajstić information content (AvgIpc) is 2.57. The molecule has 0 heterocycles. The van der Waals surface area contributed by atoms with Gasteiger partial charge in [-0.05, 0) is 24.1 Å². The van der Waals surface area contributed by atoms with Crippen molar-refractivity contribution in [1.82, 2.24) is 4.90 Å². The molecule has 0 spiro atoms. The van der Waals surface area contributed by atoms with Crippen LogP contribution in [0.4, 0.5) is 0 Å². The van der Waals surface area contributed by atoms with E-state index in [9.17, 15) is 18.0 Å². The molecule has 7 heteroatoms. The predicted octanol–water partition coefficient (Wildman–Crippen LogP) is 1.43. The van der Waals surface area contributed by atoms with Gasteiger partial charge in [-0.3, -0.25) is 9.59 Å². The summed E-state index contributed by atoms with van der Waals surface area (Å²) in [7, 11) is -0.244. The van der Waals surface area contributed by atoms with Crippen molar-refractivity contribution in [2.24, 2.45) is 0 Å². The molecule has 0 aliphatic heterocycles. The van der Waals surface area contributed by atoms with Gasteiger partial charge >= 0.3 is 5.97 Å². The number of rotatable bonds is 8. The van der Waals surface area contributed by atoms with Crippen LogP contribution in [0, 0.1) is 0 Å². The maximum Gasteiger partial charge on any atom is 0.307 e. The van der Waals surface area contributed by atoms with Crippen molar-refractivity contribution in [1.29, 1.82) is 0 Å². The molecule has 0 saturated heterocycles. The lowest BCUT2D eigenvalue weighted by Gasteiger charge is -2.16. The average molecular weight is 341 g/mol. The first kappa shape index (κ1) is 19.2. The Kier molecular flexibility index (Phi) is 7.22. The van der Waals surface area contributed by atoms with E-state index >= 15 is 0 Å². The van der Waals surface area contributed by atoms with Gasteiger partial charge in [-0.15, -0.1) is 0 Å². The zero-order chi connectivity index (χ0) is 17.5. The van der Waals surface area contributed by atoms with Crippen molar-refractivity contribution in [2.75, 3.05) is 26.5 Å². The number of carbonyl (C=O) groups is 2. The molecule has 0 bridgehead atoms. The monoisotopic (exact) mass is 341 g/mol. The number of nitrogens with zero attached hydrogens (tertiary/aromatic N) is 1. The predicted molar refractivity (Wildman–Crippen MR) is 86.8 cm³/mol. The van der Waals surface area contributed by atoms with Crippen LogP contribution in [0.1, 0.15) is 25.3 Å². The van der Waals surface area contributed by atoms with Gasteiger partial charge in [0.25, 0.3) is 0 Å². The Morgan fingerprint density at radius 3 is 2.26 bits per heavy atom. The molecule has 1 aromatic carbocycles. The van der Waals surface area contributed by atoms with Gasteiger partial charge < -0.3 is 9.64 Å². The zero-order valence-corrected chi connectivity index (χ0v) is 14.6. The molecular formula is C16H23NO5S. The van der Waals surface area contributed by atoms with E-state index in [1.807, 2.05) is 0 Å². The van der Waals surface area contributed by atoms with Crippen molar-refractivity contribution in [2.45, 2.75) is 31.1 Å². The van der Waals surface area contributed by atoms with Gasteiger partial charge in [0, 0.05) is 20.0 Å². The summed E-state index contributed by atoms with van der Waals surface area (Å²) in [5, 5.41) is 0. The fraction of sp³-hybridized carbons (Fsp3) is 0.500. The number of benzene rings is 1. The summed E-state index contributed by atoms with van der Waals surface area (Å²) in [4.78, 5) is 24.8. The number of carbonyl (C=O) groups excluding carboxylic acids is 2. The van der Waals surface area contributed by atoms with E-state index < -0.39 is 9.84 Å². The van der Waals surface area contributed by atoms with E-state index in [1.54, 1.807) is 38.2 Å². The SMILES string of the molecule is CCS(=O)(=O)c1ccc(CCC(=O)N(C)CCC(=O)OC)cc1. The maximum atomic E-state index is 12.0. The Morgan fingerprint density at radius 2 is 1.74 bits per heavy atom. The number of esters is 1. The highest BCUT2D eigenvalue weighted by molar-refractivity contribution is 7.91. The zero-order valence-electron chi connectivity index (χ0n) is 13.7. The van der Waals surface area contributed by atoms with Crippen LogP contribution in [0.15, 0.2) is 29.2 Å². The second-order valence-electron chi connectivity index (χ2n) is 5.19. The van der Waals surface area contributed by atoms with Crippen LogP contribution in [-0.4, -0.2) is 51.6 Å². The van der Waals surface area contributed by atoms with E-state index in [4.69, 9.17) is 0 Å². The highest BCUT2D eigenvalue weighted by atomic mass is 32.2. The van der Waals surface area contributed by atoms with Crippen LogP contribution in [0.25, 0.3) is 0 Å². The summed E-state index contributed by atoms with van der Waals surface area (Å²) in [6.45, 7) is 1.92. The fourth-order valence-electron chi connectivity index (χ4n) is 1.96. The smallest absolute Gasteiger partial charge is 0.307 e. The summed E-state index contributed by atoms with van der Waals surface area (Å²) in [6, 6.07) is 6.59. The van der Waals surface area contributed by atoms with Crippen molar-refractivity contribution < 1.29 is 22.7 Å². The molecule has 0 atom stereocenters. The molecule has 0 aromatic heterocycles. The normalized spacial score (nSPS) is 11.1. The minimum atomic E-state index is -3.20. The Morgan fingerprint density at radius 1 is 1.13 bits per heavy atom. The van der Waals surface area contributed by atoms with Gasteiger partial charge in [0.2, 0.25) is 5.91 Å². The minimum Gasteiger partial charge on any atom is -0.469 e. The molecular weight excluding hydrogens is 318 g/mol. The molecule has 0 aliphatic carbocycles. The van der Waals surface area contributed by atoms with Gasteiger partial charge in [0.15, 0.2) is 9.84 Å². The van der Waals surface area contributed by atoms with Crippen LogP contribution >= 0.6 is 0 Å². The number of hydrogen-bond acceptors (Lipinski definition) is 5. The summed E-state index contributed by atoms with van der Waals surface area (Å²) in [6.07, 6.45) is 0.994. The summed E-state index contributed by atoms with van der Waals surface area (Å²) < 4.78 is 28.0. The summed E-state index contributed by atoms with van der Waals surface area (Å²) in [5.74, 6) is -0.355. The van der Waals surface area contributed by atoms with Gasteiger partial charge in [0.05, 0.1) is 24.2 Å². The number of amides is 1. The molecule has 1 aromatic rings. The van der Waals surface area contributed by atoms with E-state index in [0.717, 1.165) is 5.56 Å². The number of ether oxygens (including phenoxy) is 1. The number of methoxy groups -OCH3 is 1. The molecule has 1 rings (SSSR count). The topological polar surface area (TPSA) is 80.8 Å². The Hall–Kier alpha value is -1.89. The van der Waals surface area contributed by atoms with E-state index in [-0.39, 0.29) is 24.1 Å². The first-order chi connectivity index (χ1) is 10.8. The Balaban J connectivity index is 2.51. The largest absolute Gasteiger partial charge is 0.469 e. The Bertz CT molecular complexity index is 637. The molecule has 0 N–H and O–H groups in total. The first-order valence-corrected chi connectivity index (χ1v) is 9.08. The number of sulfone groups is 1. The van der Waals surface area contributed by atoms with E-state index in [0.29, 0.717) is 24.3 Å². The number of aryl methyl sites for hydroxylation is 1. The van der Waals surface area contributed by atoms with E-state index in [1.165, 1.54) is 12.0 Å². The third-order valence-corrected chi connectivity index (χ3v) is 5.35. The van der Waals surface area contributed by atoms with Crippen molar-refractivity contribution in [3.05, 3.63) is 29.8 Å². The van der Waals surface area contributed by atoms with Crippen LogP contribution in [0.2, 0.25) is 0 Å². The highest BCUT2D eigenvalue weighted by Gasteiger charge is 2.13. The second kappa shape index (κ2) is 8.67.